The average molecular weight is 634 g/mol. The van der Waals surface area contributed by atoms with E-state index < -0.39 is 20.0 Å². The summed E-state index contributed by atoms with van der Waals surface area (Å²) in [4.78, 5) is 22.2. The van der Waals surface area contributed by atoms with Crippen molar-refractivity contribution in [3.05, 3.63) is 12.2 Å². The number of aliphatic hydroxyl groups is 1. The molecule has 0 fully saturated rings. The third-order valence-electron chi connectivity index (χ3n) is 7.73. The molecule has 0 rings (SSSR count). The van der Waals surface area contributed by atoms with Gasteiger partial charge in [0.2, 0.25) is 5.91 Å². The number of nitrogens with one attached hydrogen (secondary N) is 1. The third kappa shape index (κ3) is 29.7. The van der Waals surface area contributed by atoms with Gasteiger partial charge in [0.15, 0.2) is 0 Å². The summed E-state index contributed by atoms with van der Waals surface area (Å²) in [7, 11) is 1.57. The van der Waals surface area contributed by atoms with Crippen LogP contribution in [0.25, 0.3) is 0 Å². The second-order valence-electron chi connectivity index (χ2n) is 13.3. The summed E-state index contributed by atoms with van der Waals surface area (Å²) in [6.07, 6.45) is 28.6. The van der Waals surface area contributed by atoms with E-state index in [4.69, 9.17) is 9.05 Å². The second kappa shape index (κ2) is 27.5. The van der Waals surface area contributed by atoms with Crippen LogP contribution in [0.1, 0.15) is 149 Å². The van der Waals surface area contributed by atoms with Crippen molar-refractivity contribution in [1.82, 2.24) is 5.32 Å². The van der Waals surface area contributed by atoms with Crippen LogP contribution < -0.4 is 5.32 Å². The van der Waals surface area contributed by atoms with Crippen LogP contribution in [0.15, 0.2) is 12.2 Å². The van der Waals surface area contributed by atoms with Gasteiger partial charge in [0.1, 0.15) is 13.2 Å². The highest BCUT2D eigenvalue weighted by Gasteiger charge is 2.27. The van der Waals surface area contributed by atoms with E-state index in [1.807, 2.05) is 34.1 Å². The Morgan fingerprint density at radius 3 is 1.67 bits per heavy atom. The number of rotatable bonds is 31. The number of amides is 1. The largest absolute Gasteiger partial charge is 0.472 e. The molecular formula is C34H70N2O6P+. The number of likely N-dealkylation sites (N-methyl/N-ethyl adjacent to an activating group) is 1. The molecule has 0 radical (unpaired) electrons. The average Bonchev–Trinajstić information content (AvgIpc) is 2.93. The van der Waals surface area contributed by atoms with Crippen LogP contribution in [-0.2, 0) is 18.4 Å². The van der Waals surface area contributed by atoms with Crippen LogP contribution in [0, 0.1) is 0 Å². The van der Waals surface area contributed by atoms with E-state index in [2.05, 4.69) is 12.2 Å². The van der Waals surface area contributed by atoms with Gasteiger partial charge in [-0.3, -0.25) is 13.8 Å². The molecule has 43 heavy (non-hydrogen) atoms. The molecular weight excluding hydrogens is 563 g/mol. The van der Waals surface area contributed by atoms with Crippen molar-refractivity contribution in [3.8, 4) is 0 Å². The highest BCUT2D eigenvalue weighted by atomic mass is 31.2. The summed E-state index contributed by atoms with van der Waals surface area (Å²) >= 11 is 0. The number of allylic oxidation sites excluding steroid dienone is 1. The van der Waals surface area contributed by atoms with Gasteiger partial charge in [-0.1, -0.05) is 135 Å². The lowest BCUT2D eigenvalue weighted by Crippen LogP contribution is -2.45. The fraction of sp³-hybridized carbons (Fsp3) is 0.912. The maximum Gasteiger partial charge on any atom is 0.472 e. The molecule has 0 aromatic rings. The lowest BCUT2D eigenvalue weighted by molar-refractivity contribution is -0.870. The summed E-state index contributed by atoms with van der Waals surface area (Å²) in [6, 6.07) is -0.835. The maximum atomic E-state index is 12.3. The Labute approximate surface area is 265 Å². The lowest BCUT2D eigenvalue weighted by Gasteiger charge is -2.25. The van der Waals surface area contributed by atoms with Gasteiger partial charge in [0.05, 0.1) is 39.9 Å². The fourth-order valence-electron chi connectivity index (χ4n) is 4.91. The smallest absolute Gasteiger partial charge is 0.387 e. The van der Waals surface area contributed by atoms with Crippen LogP contribution in [0.5, 0.6) is 0 Å². The molecule has 0 aromatic carbocycles. The Hall–Kier alpha value is -0.760. The highest BCUT2D eigenvalue weighted by molar-refractivity contribution is 7.47. The standard InChI is InChI=1S/C34H69N2O6P/c1-6-8-9-10-11-12-13-14-15-16-17-18-19-20-21-22-23-24-25-26-28-33(37)32(35-34(38)27-7-2)31-42-43(39,40)41-30-29-36(3,4)5/h26,28,32-33,37H,6-25,27,29-31H2,1-5H3,(H-,35,38,39,40)/p+1/b28-26+. The van der Waals surface area contributed by atoms with Crippen LogP contribution in [0.3, 0.4) is 0 Å². The van der Waals surface area contributed by atoms with Gasteiger partial charge in [0.25, 0.3) is 0 Å². The highest BCUT2D eigenvalue weighted by Crippen LogP contribution is 2.43. The molecule has 0 heterocycles. The van der Waals surface area contributed by atoms with E-state index in [1.54, 1.807) is 6.08 Å². The third-order valence-corrected chi connectivity index (χ3v) is 8.71. The number of carbonyl (C=O) groups excluding carboxylic acids is 1. The molecule has 8 nitrogen and oxygen atoms in total. The van der Waals surface area contributed by atoms with Crippen molar-refractivity contribution in [2.75, 3.05) is 40.9 Å². The summed E-state index contributed by atoms with van der Waals surface area (Å²) in [6.45, 7) is 4.45. The Balaban J connectivity index is 4.03. The molecule has 0 spiro atoms. The lowest BCUT2D eigenvalue weighted by atomic mass is 10.0. The van der Waals surface area contributed by atoms with E-state index in [0.29, 0.717) is 23.9 Å². The number of phosphoric ester groups is 1. The minimum atomic E-state index is -4.30. The molecule has 0 aromatic heterocycles. The predicted molar refractivity (Wildman–Crippen MR) is 180 cm³/mol. The first-order chi connectivity index (χ1) is 20.5. The van der Waals surface area contributed by atoms with Crippen molar-refractivity contribution in [1.29, 1.82) is 0 Å². The van der Waals surface area contributed by atoms with E-state index in [-0.39, 0.29) is 19.1 Å². The molecule has 0 aliphatic carbocycles. The summed E-state index contributed by atoms with van der Waals surface area (Å²) in [5.74, 6) is -0.231. The number of phosphoric acid groups is 1. The van der Waals surface area contributed by atoms with Crippen LogP contribution in [0.2, 0.25) is 0 Å². The SMILES string of the molecule is CCCCCCCCCCCCCCCCCCCC/C=C/C(O)C(COP(=O)(O)OCC[N+](C)(C)C)NC(=O)CCC. The number of hydrogen-bond acceptors (Lipinski definition) is 5. The zero-order valence-electron chi connectivity index (χ0n) is 28.7. The molecule has 256 valence electrons. The zero-order valence-corrected chi connectivity index (χ0v) is 29.6. The number of quaternary nitrogens is 1. The van der Waals surface area contributed by atoms with E-state index >= 15 is 0 Å². The number of aliphatic hydroxyl groups excluding tert-OH is 1. The molecule has 3 atom stereocenters. The Morgan fingerprint density at radius 1 is 0.767 bits per heavy atom. The zero-order chi connectivity index (χ0) is 32.2. The Bertz CT molecular complexity index is 728. The van der Waals surface area contributed by atoms with Gasteiger partial charge in [-0.15, -0.1) is 0 Å². The van der Waals surface area contributed by atoms with E-state index in [0.717, 1.165) is 19.3 Å². The summed E-state index contributed by atoms with van der Waals surface area (Å²) in [5, 5.41) is 13.4. The fourth-order valence-corrected chi connectivity index (χ4v) is 5.64. The van der Waals surface area contributed by atoms with Crippen LogP contribution in [-0.4, -0.2) is 73.4 Å². The van der Waals surface area contributed by atoms with Crippen molar-refractivity contribution >= 4 is 13.7 Å². The topological polar surface area (TPSA) is 105 Å². The molecule has 0 saturated carbocycles. The van der Waals surface area contributed by atoms with Gasteiger partial charge in [-0.25, -0.2) is 4.57 Å². The van der Waals surface area contributed by atoms with E-state index in [9.17, 15) is 19.4 Å². The second-order valence-corrected chi connectivity index (χ2v) is 14.7. The quantitative estimate of drug-likeness (QED) is 0.0306. The van der Waals surface area contributed by atoms with Gasteiger partial charge < -0.3 is 19.8 Å². The molecule has 3 N–H and O–H groups in total. The van der Waals surface area contributed by atoms with Crippen molar-refractivity contribution in [2.45, 2.75) is 161 Å². The first kappa shape index (κ1) is 42.2. The maximum absolute atomic E-state index is 12.3. The van der Waals surface area contributed by atoms with Gasteiger partial charge >= 0.3 is 7.82 Å². The first-order valence-corrected chi connectivity index (χ1v) is 19.1. The Kier molecular flexibility index (Phi) is 27.1. The number of hydrogen-bond donors (Lipinski definition) is 3. The summed E-state index contributed by atoms with van der Waals surface area (Å²) in [5.41, 5.74) is 0. The van der Waals surface area contributed by atoms with Crippen LogP contribution >= 0.6 is 7.82 Å². The number of carbonyl (C=O) groups is 1. The van der Waals surface area contributed by atoms with Gasteiger partial charge in [0, 0.05) is 6.42 Å². The van der Waals surface area contributed by atoms with E-state index in [1.165, 1.54) is 103 Å². The molecule has 3 unspecified atom stereocenters. The molecule has 9 heteroatoms. The molecule has 1 amide bonds. The van der Waals surface area contributed by atoms with Crippen molar-refractivity contribution in [2.24, 2.45) is 0 Å². The Morgan fingerprint density at radius 2 is 1.23 bits per heavy atom. The minimum Gasteiger partial charge on any atom is -0.387 e. The summed E-state index contributed by atoms with van der Waals surface area (Å²) < 4.78 is 23.0. The monoisotopic (exact) mass is 633 g/mol. The normalized spacial score (nSPS) is 15.0. The minimum absolute atomic E-state index is 0.0615. The molecule has 0 saturated heterocycles. The van der Waals surface area contributed by atoms with Crippen molar-refractivity contribution in [3.63, 3.8) is 0 Å². The van der Waals surface area contributed by atoms with Crippen LogP contribution in [0.4, 0.5) is 0 Å². The first-order valence-electron chi connectivity index (χ1n) is 17.6. The molecule has 0 bridgehead atoms. The number of nitrogens with zero attached hydrogens (tertiary/aromatic N) is 1. The van der Waals surface area contributed by atoms with Gasteiger partial charge in [-0.05, 0) is 19.3 Å². The predicted octanol–water partition coefficient (Wildman–Crippen LogP) is 8.46. The van der Waals surface area contributed by atoms with Crippen molar-refractivity contribution < 1.29 is 32.9 Å². The molecule has 0 aliphatic rings. The molecule has 0 aliphatic heterocycles. The number of unbranched alkanes of at least 4 members (excludes halogenated alkanes) is 18. The van der Waals surface area contributed by atoms with Gasteiger partial charge in [-0.2, -0.15) is 0 Å².